The molecule has 0 N–H and O–H groups in total. The topological polar surface area (TPSA) is 18.5 Å². The molecule has 0 amide bonds. The number of methoxy groups -OCH3 is 1. The number of hydrogen-bond donors (Lipinski definition) is 0. The summed E-state index contributed by atoms with van der Waals surface area (Å²) in [5.41, 5.74) is 1.03. The highest BCUT2D eigenvalue weighted by molar-refractivity contribution is 5.34. The molecule has 2 nitrogen and oxygen atoms in total. The second kappa shape index (κ2) is 5.69. The van der Waals surface area contributed by atoms with E-state index >= 15 is 0 Å². The fourth-order valence-electron chi connectivity index (χ4n) is 1.75. The van der Waals surface area contributed by atoms with Gasteiger partial charge in [-0.1, -0.05) is 30.0 Å². The normalized spacial score (nSPS) is 24.6. The lowest BCUT2D eigenvalue weighted by Crippen LogP contribution is -2.27. The Morgan fingerprint density at radius 3 is 2.81 bits per heavy atom. The van der Waals surface area contributed by atoms with Crippen LogP contribution in [0.2, 0.25) is 0 Å². The molecule has 0 spiro atoms. The van der Waals surface area contributed by atoms with Crippen LogP contribution < -0.4 is 0 Å². The van der Waals surface area contributed by atoms with E-state index in [2.05, 4.69) is 11.8 Å². The fourth-order valence-corrected chi connectivity index (χ4v) is 1.75. The van der Waals surface area contributed by atoms with E-state index in [0.29, 0.717) is 0 Å². The minimum absolute atomic E-state index is 0.0129. The molecule has 1 saturated heterocycles. The molecule has 0 aliphatic carbocycles. The van der Waals surface area contributed by atoms with Crippen molar-refractivity contribution in [2.45, 2.75) is 31.7 Å². The maximum atomic E-state index is 5.66. The van der Waals surface area contributed by atoms with Crippen molar-refractivity contribution < 1.29 is 9.47 Å². The first-order valence-electron chi connectivity index (χ1n) is 5.63. The molecule has 0 radical (unpaired) electrons. The molecular formula is C14H16O2. The molecule has 2 heteroatoms. The number of ether oxygens (including phenoxy) is 2. The van der Waals surface area contributed by atoms with Gasteiger partial charge in [-0.2, -0.15) is 0 Å². The van der Waals surface area contributed by atoms with Crippen molar-refractivity contribution in [1.82, 2.24) is 0 Å². The van der Waals surface area contributed by atoms with Crippen molar-refractivity contribution in [3.05, 3.63) is 35.9 Å². The van der Waals surface area contributed by atoms with Crippen molar-refractivity contribution in [2.24, 2.45) is 0 Å². The Labute approximate surface area is 96.6 Å². The summed E-state index contributed by atoms with van der Waals surface area (Å²) in [7, 11) is 1.68. The van der Waals surface area contributed by atoms with Crippen LogP contribution in [0.4, 0.5) is 0 Å². The van der Waals surface area contributed by atoms with E-state index in [1.807, 2.05) is 30.3 Å². The van der Waals surface area contributed by atoms with E-state index in [1.165, 1.54) is 0 Å². The molecule has 1 aromatic rings. The standard InChI is InChI=1S/C14H16O2/c1-15-14-9-5-8-13(16-14)11-10-12-6-3-2-4-7-12/h2-4,6-7,13-14H,5,8-9H2,1H3. The van der Waals surface area contributed by atoms with Gasteiger partial charge in [-0.05, 0) is 31.4 Å². The van der Waals surface area contributed by atoms with Crippen LogP contribution in [0.3, 0.4) is 0 Å². The fraction of sp³-hybridized carbons (Fsp3) is 0.429. The number of hydrogen-bond acceptors (Lipinski definition) is 2. The third kappa shape index (κ3) is 3.10. The van der Waals surface area contributed by atoms with E-state index in [1.54, 1.807) is 7.11 Å². The van der Waals surface area contributed by atoms with Crippen molar-refractivity contribution in [3.63, 3.8) is 0 Å². The predicted molar refractivity (Wildman–Crippen MR) is 62.8 cm³/mol. The van der Waals surface area contributed by atoms with Gasteiger partial charge in [0.15, 0.2) is 6.29 Å². The molecule has 1 fully saturated rings. The Balaban J connectivity index is 1.97. The zero-order valence-corrected chi connectivity index (χ0v) is 9.48. The summed E-state index contributed by atoms with van der Waals surface area (Å²) < 4.78 is 10.8. The maximum Gasteiger partial charge on any atom is 0.158 e. The Bertz CT molecular complexity index is 375. The highest BCUT2D eigenvalue weighted by Crippen LogP contribution is 2.18. The van der Waals surface area contributed by atoms with Crippen LogP contribution in [-0.4, -0.2) is 19.5 Å². The minimum Gasteiger partial charge on any atom is -0.356 e. The first-order chi connectivity index (χ1) is 7.88. The Morgan fingerprint density at radius 1 is 1.25 bits per heavy atom. The van der Waals surface area contributed by atoms with Gasteiger partial charge >= 0.3 is 0 Å². The van der Waals surface area contributed by atoms with E-state index in [4.69, 9.17) is 9.47 Å². The second-order valence-electron chi connectivity index (χ2n) is 3.86. The summed E-state index contributed by atoms with van der Waals surface area (Å²) in [4.78, 5) is 0. The smallest absolute Gasteiger partial charge is 0.158 e. The summed E-state index contributed by atoms with van der Waals surface area (Å²) >= 11 is 0. The molecule has 1 heterocycles. The SMILES string of the molecule is COC1CCCC(C#Cc2ccccc2)O1. The van der Waals surface area contributed by atoms with Gasteiger partial charge in [-0.15, -0.1) is 0 Å². The Morgan fingerprint density at radius 2 is 2.06 bits per heavy atom. The van der Waals surface area contributed by atoms with Crippen molar-refractivity contribution in [3.8, 4) is 11.8 Å². The largest absolute Gasteiger partial charge is 0.356 e. The monoisotopic (exact) mass is 216 g/mol. The van der Waals surface area contributed by atoms with Crippen LogP contribution in [0.15, 0.2) is 30.3 Å². The molecule has 1 aliphatic heterocycles. The van der Waals surface area contributed by atoms with Gasteiger partial charge in [-0.25, -0.2) is 0 Å². The van der Waals surface area contributed by atoms with Crippen LogP contribution in [0.25, 0.3) is 0 Å². The molecule has 84 valence electrons. The quantitative estimate of drug-likeness (QED) is 0.672. The zero-order valence-electron chi connectivity index (χ0n) is 9.48. The Kier molecular flexibility index (Phi) is 3.98. The molecule has 0 saturated carbocycles. The number of benzene rings is 1. The summed E-state index contributed by atoms with van der Waals surface area (Å²) in [6.07, 6.45) is 3.02. The average Bonchev–Trinajstić information content (AvgIpc) is 2.38. The third-order valence-corrected chi connectivity index (χ3v) is 2.64. The van der Waals surface area contributed by atoms with Crippen LogP contribution in [-0.2, 0) is 9.47 Å². The third-order valence-electron chi connectivity index (χ3n) is 2.64. The molecule has 1 aliphatic rings. The van der Waals surface area contributed by atoms with Gasteiger partial charge in [0, 0.05) is 12.7 Å². The summed E-state index contributed by atoms with van der Waals surface area (Å²) in [5.74, 6) is 6.28. The molecule has 16 heavy (non-hydrogen) atoms. The van der Waals surface area contributed by atoms with E-state index in [0.717, 1.165) is 24.8 Å². The summed E-state index contributed by atoms with van der Waals surface area (Å²) in [6, 6.07) is 9.98. The summed E-state index contributed by atoms with van der Waals surface area (Å²) in [5, 5.41) is 0. The van der Waals surface area contributed by atoms with Gasteiger partial charge in [0.25, 0.3) is 0 Å². The molecule has 2 rings (SSSR count). The van der Waals surface area contributed by atoms with Crippen LogP contribution in [0.1, 0.15) is 24.8 Å². The maximum absolute atomic E-state index is 5.66. The Hall–Kier alpha value is -1.30. The average molecular weight is 216 g/mol. The van der Waals surface area contributed by atoms with E-state index < -0.39 is 0 Å². The lowest BCUT2D eigenvalue weighted by Gasteiger charge is -2.25. The molecule has 2 atom stereocenters. The van der Waals surface area contributed by atoms with Crippen LogP contribution in [0, 0.1) is 11.8 Å². The van der Waals surface area contributed by atoms with E-state index in [-0.39, 0.29) is 12.4 Å². The van der Waals surface area contributed by atoms with Crippen molar-refractivity contribution in [2.75, 3.05) is 7.11 Å². The molecule has 0 bridgehead atoms. The van der Waals surface area contributed by atoms with Gasteiger partial charge in [-0.3, -0.25) is 0 Å². The first kappa shape index (κ1) is 11.2. The van der Waals surface area contributed by atoms with Crippen LogP contribution in [0.5, 0.6) is 0 Å². The highest BCUT2D eigenvalue weighted by atomic mass is 16.7. The lowest BCUT2D eigenvalue weighted by molar-refractivity contribution is -0.164. The van der Waals surface area contributed by atoms with Gasteiger partial charge in [0.2, 0.25) is 0 Å². The zero-order chi connectivity index (χ0) is 11.2. The molecule has 2 unspecified atom stereocenters. The van der Waals surface area contributed by atoms with Gasteiger partial charge in [0.1, 0.15) is 6.10 Å². The number of rotatable bonds is 1. The van der Waals surface area contributed by atoms with Gasteiger partial charge in [0.05, 0.1) is 0 Å². The van der Waals surface area contributed by atoms with Crippen molar-refractivity contribution >= 4 is 0 Å². The minimum atomic E-state index is -0.0798. The van der Waals surface area contributed by atoms with E-state index in [9.17, 15) is 0 Å². The molecule has 0 aromatic heterocycles. The summed E-state index contributed by atoms with van der Waals surface area (Å²) in [6.45, 7) is 0. The second-order valence-corrected chi connectivity index (χ2v) is 3.86. The predicted octanol–water partition coefficient (Wildman–Crippen LogP) is 2.58. The van der Waals surface area contributed by atoms with Gasteiger partial charge < -0.3 is 9.47 Å². The van der Waals surface area contributed by atoms with Crippen molar-refractivity contribution in [1.29, 1.82) is 0 Å². The molecule has 1 aromatic carbocycles. The highest BCUT2D eigenvalue weighted by Gasteiger charge is 2.19. The first-order valence-corrected chi connectivity index (χ1v) is 5.63. The molecular weight excluding hydrogens is 200 g/mol. The lowest BCUT2D eigenvalue weighted by atomic mass is 10.1. The van der Waals surface area contributed by atoms with Crippen LogP contribution >= 0.6 is 0 Å².